The van der Waals surface area contributed by atoms with Crippen LogP contribution in [0.1, 0.15) is 11.1 Å². The predicted molar refractivity (Wildman–Crippen MR) is 107 cm³/mol. The molecule has 2 amide bonds. The predicted octanol–water partition coefficient (Wildman–Crippen LogP) is 3.86. The second-order valence-corrected chi connectivity index (χ2v) is 6.15. The van der Waals surface area contributed by atoms with Crippen LogP contribution < -0.4 is 20.9 Å². The lowest BCUT2D eigenvalue weighted by Gasteiger charge is -2.11. The molecule has 1 aromatic heterocycles. The normalized spacial score (nSPS) is 10.3. The number of hydrogen-bond donors (Lipinski definition) is 2. The van der Waals surface area contributed by atoms with E-state index in [4.69, 9.17) is 4.74 Å². The number of carbonyl (C=O) groups is 1. The third-order valence-corrected chi connectivity index (χ3v) is 4.07. The Morgan fingerprint density at radius 1 is 1.04 bits per heavy atom. The van der Waals surface area contributed by atoms with Crippen LogP contribution in [0.4, 0.5) is 16.2 Å². The molecule has 0 radical (unpaired) electrons. The molecule has 2 aromatic carbocycles. The highest BCUT2D eigenvalue weighted by atomic mass is 16.5. The van der Waals surface area contributed by atoms with E-state index in [9.17, 15) is 9.59 Å². The Kier molecular flexibility index (Phi) is 5.56. The number of pyridine rings is 1. The van der Waals surface area contributed by atoms with E-state index in [1.807, 2.05) is 31.2 Å². The molecular formula is C21H21N3O3. The van der Waals surface area contributed by atoms with E-state index in [0.717, 1.165) is 11.1 Å². The van der Waals surface area contributed by atoms with Gasteiger partial charge in [-0.2, -0.15) is 0 Å². The Hall–Kier alpha value is -3.54. The maximum absolute atomic E-state index is 12.6. The van der Waals surface area contributed by atoms with E-state index < -0.39 is 6.03 Å². The number of urea groups is 1. The van der Waals surface area contributed by atoms with Crippen LogP contribution in [0.15, 0.2) is 71.7 Å². The van der Waals surface area contributed by atoms with E-state index in [1.54, 1.807) is 54.3 Å². The topological polar surface area (TPSA) is 72.4 Å². The molecule has 0 aliphatic rings. The van der Waals surface area contributed by atoms with Gasteiger partial charge in [-0.1, -0.05) is 35.9 Å². The van der Waals surface area contributed by atoms with Crippen molar-refractivity contribution >= 4 is 17.4 Å². The number of amides is 2. The summed E-state index contributed by atoms with van der Waals surface area (Å²) in [5.74, 6) is 0.632. The third-order valence-electron chi connectivity index (χ3n) is 4.07. The van der Waals surface area contributed by atoms with Crippen LogP contribution in [0.5, 0.6) is 5.75 Å². The van der Waals surface area contributed by atoms with Gasteiger partial charge in [0.1, 0.15) is 11.4 Å². The van der Waals surface area contributed by atoms with Crippen molar-refractivity contribution in [1.82, 2.24) is 4.57 Å². The molecular weight excluding hydrogens is 342 g/mol. The van der Waals surface area contributed by atoms with Gasteiger partial charge in [0, 0.05) is 18.0 Å². The van der Waals surface area contributed by atoms with E-state index in [-0.39, 0.29) is 11.2 Å². The standard InChI is InChI=1S/C21H21N3O3/c1-15-8-10-16(11-9-15)14-24-12-4-7-19(20(24)25)23-21(26)22-17-5-3-6-18(13-17)27-2/h3-13H,14H2,1-2H3,(H2,22,23,26). The molecule has 0 atom stereocenters. The number of rotatable bonds is 5. The SMILES string of the molecule is COc1cccc(NC(=O)Nc2cccn(Cc3ccc(C)cc3)c2=O)c1. The van der Waals surface area contributed by atoms with Crippen LogP contribution in [-0.2, 0) is 6.54 Å². The fourth-order valence-electron chi connectivity index (χ4n) is 2.63. The van der Waals surface area contributed by atoms with Crippen molar-refractivity contribution < 1.29 is 9.53 Å². The van der Waals surface area contributed by atoms with Gasteiger partial charge >= 0.3 is 6.03 Å². The molecule has 2 N–H and O–H groups in total. The molecule has 1 heterocycles. The van der Waals surface area contributed by atoms with E-state index in [0.29, 0.717) is 18.0 Å². The van der Waals surface area contributed by atoms with Crippen molar-refractivity contribution in [1.29, 1.82) is 0 Å². The number of benzene rings is 2. The Labute approximate surface area is 157 Å². The largest absolute Gasteiger partial charge is 0.497 e. The number of nitrogens with one attached hydrogen (secondary N) is 2. The second kappa shape index (κ2) is 8.23. The smallest absolute Gasteiger partial charge is 0.323 e. The summed E-state index contributed by atoms with van der Waals surface area (Å²) in [6.45, 7) is 2.45. The maximum atomic E-state index is 12.6. The molecule has 3 rings (SSSR count). The van der Waals surface area contributed by atoms with E-state index in [1.165, 1.54) is 0 Å². The van der Waals surface area contributed by atoms with Gasteiger partial charge in [0.15, 0.2) is 0 Å². The molecule has 6 heteroatoms. The molecule has 0 fully saturated rings. The summed E-state index contributed by atoms with van der Waals surface area (Å²) in [7, 11) is 1.56. The number of anilines is 2. The Morgan fingerprint density at radius 2 is 1.81 bits per heavy atom. The molecule has 0 spiro atoms. The average Bonchev–Trinajstić information content (AvgIpc) is 2.67. The minimum Gasteiger partial charge on any atom is -0.497 e. The average molecular weight is 363 g/mol. The zero-order valence-electron chi connectivity index (χ0n) is 15.2. The van der Waals surface area contributed by atoms with Gasteiger partial charge in [-0.25, -0.2) is 4.79 Å². The number of hydrogen-bond acceptors (Lipinski definition) is 3. The third kappa shape index (κ3) is 4.76. The molecule has 0 unspecified atom stereocenters. The highest BCUT2D eigenvalue weighted by molar-refractivity contribution is 5.99. The molecule has 138 valence electrons. The highest BCUT2D eigenvalue weighted by Crippen LogP contribution is 2.16. The summed E-state index contributed by atoms with van der Waals surface area (Å²) < 4.78 is 6.69. The van der Waals surface area contributed by atoms with Crippen LogP contribution in [-0.4, -0.2) is 17.7 Å². The quantitative estimate of drug-likeness (QED) is 0.723. The van der Waals surface area contributed by atoms with Crippen molar-refractivity contribution in [3.05, 3.63) is 88.3 Å². The first-order valence-corrected chi connectivity index (χ1v) is 8.52. The minimum absolute atomic E-state index is 0.213. The van der Waals surface area contributed by atoms with Crippen LogP contribution >= 0.6 is 0 Å². The number of carbonyl (C=O) groups excluding carboxylic acids is 1. The highest BCUT2D eigenvalue weighted by Gasteiger charge is 2.08. The van der Waals surface area contributed by atoms with Crippen molar-refractivity contribution in [2.75, 3.05) is 17.7 Å². The van der Waals surface area contributed by atoms with Crippen LogP contribution in [0, 0.1) is 6.92 Å². The summed E-state index contributed by atoms with van der Waals surface area (Å²) in [4.78, 5) is 24.9. The summed E-state index contributed by atoms with van der Waals surface area (Å²) >= 11 is 0. The second-order valence-electron chi connectivity index (χ2n) is 6.15. The zero-order chi connectivity index (χ0) is 19.2. The minimum atomic E-state index is -0.492. The first kappa shape index (κ1) is 18.3. The summed E-state index contributed by atoms with van der Waals surface area (Å²) in [5.41, 5.74) is 2.70. The van der Waals surface area contributed by atoms with Crippen molar-refractivity contribution in [2.24, 2.45) is 0 Å². The summed E-state index contributed by atoms with van der Waals surface area (Å²) in [6.07, 6.45) is 1.70. The molecule has 3 aromatic rings. The fraction of sp³-hybridized carbons (Fsp3) is 0.143. The molecule has 0 aliphatic carbocycles. The summed E-state index contributed by atoms with van der Waals surface area (Å²) in [6, 6.07) is 17.8. The van der Waals surface area contributed by atoms with Gasteiger partial charge in [0.05, 0.1) is 13.7 Å². The Bertz CT molecular complexity index is 994. The first-order chi connectivity index (χ1) is 13.0. The summed E-state index contributed by atoms with van der Waals surface area (Å²) in [5, 5.41) is 5.30. The Morgan fingerprint density at radius 3 is 2.56 bits per heavy atom. The van der Waals surface area contributed by atoms with Crippen molar-refractivity contribution in [3.8, 4) is 5.75 Å². The lowest BCUT2D eigenvalue weighted by Crippen LogP contribution is -2.28. The fourth-order valence-corrected chi connectivity index (χ4v) is 2.63. The molecule has 0 aliphatic heterocycles. The van der Waals surface area contributed by atoms with Crippen molar-refractivity contribution in [3.63, 3.8) is 0 Å². The number of aryl methyl sites for hydroxylation is 1. The van der Waals surface area contributed by atoms with E-state index >= 15 is 0 Å². The zero-order valence-corrected chi connectivity index (χ0v) is 15.2. The van der Waals surface area contributed by atoms with Crippen molar-refractivity contribution in [2.45, 2.75) is 13.5 Å². The molecule has 0 saturated carbocycles. The molecule has 6 nitrogen and oxygen atoms in total. The monoisotopic (exact) mass is 363 g/mol. The lowest BCUT2D eigenvalue weighted by molar-refractivity contribution is 0.262. The van der Waals surface area contributed by atoms with Gasteiger partial charge in [-0.05, 0) is 36.8 Å². The number of methoxy groups -OCH3 is 1. The molecule has 0 saturated heterocycles. The molecule has 27 heavy (non-hydrogen) atoms. The number of ether oxygens (including phenoxy) is 1. The van der Waals surface area contributed by atoms with Crippen LogP contribution in [0.25, 0.3) is 0 Å². The van der Waals surface area contributed by atoms with Gasteiger partial charge in [-0.3, -0.25) is 4.79 Å². The van der Waals surface area contributed by atoms with Crippen LogP contribution in [0.2, 0.25) is 0 Å². The molecule has 0 bridgehead atoms. The van der Waals surface area contributed by atoms with E-state index in [2.05, 4.69) is 10.6 Å². The Balaban J connectivity index is 1.72. The van der Waals surface area contributed by atoms with Gasteiger partial charge in [0.25, 0.3) is 5.56 Å². The number of aromatic nitrogens is 1. The van der Waals surface area contributed by atoms with Gasteiger partial charge < -0.3 is 19.9 Å². The number of nitrogens with zero attached hydrogens (tertiary/aromatic N) is 1. The first-order valence-electron chi connectivity index (χ1n) is 8.52. The lowest BCUT2D eigenvalue weighted by atomic mass is 10.1. The maximum Gasteiger partial charge on any atom is 0.323 e. The van der Waals surface area contributed by atoms with Crippen LogP contribution in [0.3, 0.4) is 0 Å². The van der Waals surface area contributed by atoms with Gasteiger partial charge in [0.2, 0.25) is 0 Å². The van der Waals surface area contributed by atoms with Gasteiger partial charge in [-0.15, -0.1) is 0 Å².